The second kappa shape index (κ2) is 6.25. The molecule has 5 unspecified atom stereocenters. The van der Waals surface area contributed by atoms with E-state index in [1.807, 2.05) is 6.92 Å². The zero-order valence-corrected chi connectivity index (χ0v) is 15.4. The Bertz CT molecular complexity index is 642. The van der Waals surface area contributed by atoms with Gasteiger partial charge in [0.15, 0.2) is 5.41 Å². The second-order valence-electron chi connectivity index (χ2n) is 8.06. The first-order valence-electron chi connectivity index (χ1n) is 8.69. The lowest BCUT2D eigenvalue weighted by Gasteiger charge is -2.45. The zero-order chi connectivity index (χ0) is 20.1. The molecule has 0 radical (unpaired) electrons. The van der Waals surface area contributed by atoms with Gasteiger partial charge in [-0.1, -0.05) is 26.7 Å². The molecule has 2 aliphatic carbocycles. The van der Waals surface area contributed by atoms with Crippen molar-refractivity contribution >= 4 is 23.9 Å². The van der Waals surface area contributed by atoms with Crippen molar-refractivity contribution in [3.05, 3.63) is 0 Å². The van der Waals surface area contributed by atoms with E-state index < -0.39 is 52.0 Å². The van der Waals surface area contributed by atoms with Crippen molar-refractivity contribution in [3.63, 3.8) is 0 Å². The van der Waals surface area contributed by atoms with E-state index >= 15 is 0 Å². The second-order valence-corrected chi connectivity index (χ2v) is 8.06. The first kappa shape index (κ1) is 20.2. The SMILES string of the molecule is COC(=O)CC1(C)C2C(C)CCCC2C(C(=O)O)(C(=O)O)C1(C)C(=O)O. The summed E-state index contributed by atoms with van der Waals surface area (Å²) in [5.74, 6) is -7.04. The van der Waals surface area contributed by atoms with Gasteiger partial charge in [0.25, 0.3) is 0 Å². The van der Waals surface area contributed by atoms with Crippen LogP contribution < -0.4 is 0 Å². The fourth-order valence-corrected chi connectivity index (χ4v) is 6.04. The fourth-order valence-electron chi connectivity index (χ4n) is 6.04. The van der Waals surface area contributed by atoms with Gasteiger partial charge < -0.3 is 20.1 Å². The lowest BCUT2D eigenvalue weighted by atomic mass is 9.54. The van der Waals surface area contributed by atoms with Gasteiger partial charge in [-0.15, -0.1) is 0 Å². The predicted octanol–water partition coefficient (Wildman–Crippen LogP) is 1.87. The summed E-state index contributed by atoms with van der Waals surface area (Å²) in [7, 11) is 1.17. The van der Waals surface area contributed by atoms with Gasteiger partial charge in [0.1, 0.15) is 0 Å². The van der Waals surface area contributed by atoms with Crippen LogP contribution in [0.25, 0.3) is 0 Å². The van der Waals surface area contributed by atoms with E-state index in [0.29, 0.717) is 12.8 Å². The molecule has 3 N–H and O–H groups in total. The zero-order valence-electron chi connectivity index (χ0n) is 15.4. The Morgan fingerprint density at radius 3 is 1.96 bits per heavy atom. The third kappa shape index (κ3) is 2.13. The number of methoxy groups -OCH3 is 1. The Balaban J connectivity index is 2.89. The molecule has 0 heterocycles. The van der Waals surface area contributed by atoms with E-state index in [2.05, 4.69) is 0 Å². The molecule has 2 saturated carbocycles. The summed E-state index contributed by atoms with van der Waals surface area (Å²) in [5.41, 5.74) is -6.08. The minimum atomic E-state index is -2.51. The highest BCUT2D eigenvalue weighted by molar-refractivity contribution is 6.05. The lowest BCUT2D eigenvalue weighted by molar-refractivity contribution is -0.193. The quantitative estimate of drug-likeness (QED) is 0.492. The average molecular weight is 370 g/mol. The van der Waals surface area contributed by atoms with Crippen LogP contribution in [0, 0.1) is 34.0 Å². The molecule has 0 bridgehead atoms. The number of aliphatic carboxylic acids is 3. The Kier molecular flexibility index (Phi) is 4.85. The lowest BCUT2D eigenvalue weighted by Crippen LogP contribution is -2.59. The molecule has 0 aromatic heterocycles. The standard InChI is InChI=1S/C18H26O8/c1-9-6-5-7-10-12(9)16(2,8-11(19)26-4)17(3,13(20)21)18(10,14(22)23)15(24)25/h9-10,12H,5-8H2,1-4H3,(H,20,21)(H,22,23)(H,24,25). The Morgan fingerprint density at radius 2 is 1.54 bits per heavy atom. The number of hydrogen-bond donors (Lipinski definition) is 3. The normalized spacial score (nSPS) is 38.2. The number of fused-ring (bicyclic) bond motifs is 1. The van der Waals surface area contributed by atoms with E-state index in [1.54, 1.807) is 0 Å². The van der Waals surface area contributed by atoms with Crippen molar-refractivity contribution in [2.24, 2.45) is 34.0 Å². The molecule has 146 valence electrons. The Hall–Kier alpha value is -2.12. The van der Waals surface area contributed by atoms with Gasteiger partial charge in [-0.25, -0.2) is 0 Å². The van der Waals surface area contributed by atoms with Gasteiger partial charge in [0.05, 0.1) is 18.9 Å². The third-order valence-electron chi connectivity index (χ3n) is 7.29. The molecule has 0 amide bonds. The highest BCUT2D eigenvalue weighted by Crippen LogP contribution is 2.73. The van der Waals surface area contributed by atoms with E-state index in [9.17, 15) is 34.5 Å². The molecular weight excluding hydrogens is 344 g/mol. The van der Waals surface area contributed by atoms with Crippen LogP contribution in [0.2, 0.25) is 0 Å². The summed E-state index contributed by atoms with van der Waals surface area (Å²) in [6.45, 7) is 4.57. The fraction of sp³-hybridized carbons (Fsp3) is 0.778. The van der Waals surface area contributed by atoms with E-state index in [1.165, 1.54) is 21.0 Å². The molecule has 2 rings (SSSR count). The van der Waals surface area contributed by atoms with Crippen molar-refractivity contribution in [1.29, 1.82) is 0 Å². The van der Waals surface area contributed by atoms with Gasteiger partial charge in [-0.2, -0.15) is 0 Å². The van der Waals surface area contributed by atoms with Crippen LogP contribution >= 0.6 is 0 Å². The summed E-state index contributed by atoms with van der Waals surface area (Å²) in [4.78, 5) is 49.2. The third-order valence-corrected chi connectivity index (χ3v) is 7.29. The highest BCUT2D eigenvalue weighted by atomic mass is 16.5. The molecular formula is C18H26O8. The molecule has 5 atom stereocenters. The summed E-state index contributed by atoms with van der Waals surface area (Å²) in [5, 5.41) is 30.1. The van der Waals surface area contributed by atoms with E-state index in [-0.39, 0.29) is 12.3 Å². The maximum atomic E-state index is 12.4. The molecule has 2 aliphatic rings. The molecule has 0 spiro atoms. The largest absolute Gasteiger partial charge is 0.481 e. The van der Waals surface area contributed by atoms with E-state index in [4.69, 9.17) is 4.74 Å². The van der Waals surface area contributed by atoms with Gasteiger partial charge >= 0.3 is 23.9 Å². The van der Waals surface area contributed by atoms with Crippen molar-refractivity contribution in [1.82, 2.24) is 0 Å². The molecule has 0 aromatic carbocycles. The number of ether oxygens (including phenoxy) is 1. The van der Waals surface area contributed by atoms with Gasteiger partial charge in [-0.3, -0.25) is 19.2 Å². The molecule has 8 nitrogen and oxygen atoms in total. The summed E-state index contributed by atoms with van der Waals surface area (Å²) in [6.07, 6.45) is 1.30. The van der Waals surface area contributed by atoms with Crippen molar-refractivity contribution < 1.29 is 39.2 Å². The maximum Gasteiger partial charge on any atom is 0.322 e. The molecule has 8 heteroatoms. The number of esters is 1. The topological polar surface area (TPSA) is 138 Å². The molecule has 0 aromatic rings. The Labute approximate surface area is 151 Å². The predicted molar refractivity (Wildman–Crippen MR) is 88.2 cm³/mol. The van der Waals surface area contributed by atoms with Crippen LogP contribution in [-0.4, -0.2) is 46.3 Å². The van der Waals surface area contributed by atoms with Crippen LogP contribution in [0.1, 0.15) is 46.5 Å². The first-order chi connectivity index (χ1) is 11.9. The van der Waals surface area contributed by atoms with Crippen molar-refractivity contribution in [3.8, 4) is 0 Å². The summed E-state index contributed by atoms with van der Waals surface area (Å²) < 4.78 is 4.73. The summed E-state index contributed by atoms with van der Waals surface area (Å²) >= 11 is 0. The number of carboxylic acid groups (broad SMARTS) is 3. The van der Waals surface area contributed by atoms with Gasteiger partial charge in [0.2, 0.25) is 0 Å². The molecule has 2 fully saturated rings. The number of carbonyl (C=O) groups excluding carboxylic acids is 1. The monoisotopic (exact) mass is 370 g/mol. The van der Waals surface area contributed by atoms with E-state index in [0.717, 1.165) is 6.42 Å². The van der Waals surface area contributed by atoms with Crippen LogP contribution in [0.4, 0.5) is 0 Å². The highest BCUT2D eigenvalue weighted by Gasteiger charge is 2.82. The first-order valence-corrected chi connectivity index (χ1v) is 8.69. The van der Waals surface area contributed by atoms with Crippen molar-refractivity contribution in [2.45, 2.75) is 46.5 Å². The maximum absolute atomic E-state index is 12.4. The average Bonchev–Trinajstić information content (AvgIpc) is 2.71. The number of carbonyl (C=O) groups is 4. The number of carboxylic acids is 3. The minimum Gasteiger partial charge on any atom is -0.481 e. The Morgan fingerprint density at radius 1 is 1.00 bits per heavy atom. The van der Waals surface area contributed by atoms with Gasteiger partial charge in [0, 0.05) is 0 Å². The summed E-state index contributed by atoms with van der Waals surface area (Å²) in [6, 6.07) is 0. The van der Waals surface area contributed by atoms with Gasteiger partial charge in [-0.05, 0) is 36.5 Å². The number of hydrogen-bond acceptors (Lipinski definition) is 5. The van der Waals surface area contributed by atoms with Crippen LogP contribution in [0.15, 0.2) is 0 Å². The molecule has 26 heavy (non-hydrogen) atoms. The van der Waals surface area contributed by atoms with Crippen molar-refractivity contribution in [2.75, 3.05) is 7.11 Å². The molecule has 0 aliphatic heterocycles. The van der Waals surface area contributed by atoms with Crippen LogP contribution in [-0.2, 0) is 23.9 Å². The van der Waals surface area contributed by atoms with Crippen LogP contribution in [0.3, 0.4) is 0 Å². The smallest absolute Gasteiger partial charge is 0.322 e. The molecule has 0 saturated heterocycles. The minimum absolute atomic E-state index is 0.109. The van der Waals surface area contributed by atoms with Crippen LogP contribution in [0.5, 0.6) is 0 Å². The number of rotatable bonds is 5.